The van der Waals surface area contributed by atoms with E-state index < -0.39 is 0 Å². The predicted octanol–water partition coefficient (Wildman–Crippen LogP) is 4.19. The van der Waals surface area contributed by atoms with Gasteiger partial charge >= 0.3 is 0 Å². The van der Waals surface area contributed by atoms with Crippen LogP contribution in [0.4, 0.5) is 0 Å². The van der Waals surface area contributed by atoms with Crippen molar-refractivity contribution in [3.8, 4) is 17.2 Å². The second-order valence-electron chi connectivity index (χ2n) is 4.19. The van der Waals surface area contributed by atoms with Crippen molar-refractivity contribution in [3.05, 3.63) is 53.6 Å². The molecule has 3 nitrogen and oxygen atoms in total. The third-order valence-electron chi connectivity index (χ3n) is 2.59. The Morgan fingerprint density at radius 3 is 1.95 bits per heavy atom. The molecule has 0 fully saturated rings. The molecule has 0 heterocycles. The molecular formula is C15H14ClNO2S. The Morgan fingerprint density at radius 1 is 1.00 bits per heavy atom. The summed E-state index contributed by atoms with van der Waals surface area (Å²) in [5, 5.41) is 0.674. The summed E-state index contributed by atoms with van der Waals surface area (Å²) in [7, 11) is 0. The molecule has 0 amide bonds. The van der Waals surface area contributed by atoms with E-state index in [0.717, 1.165) is 5.75 Å². The van der Waals surface area contributed by atoms with Gasteiger partial charge < -0.3 is 15.2 Å². The van der Waals surface area contributed by atoms with Crippen LogP contribution in [0.5, 0.6) is 17.2 Å². The molecule has 0 radical (unpaired) electrons. The molecule has 0 aliphatic rings. The lowest BCUT2D eigenvalue weighted by molar-refractivity contribution is 0.288. The summed E-state index contributed by atoms with van der Waals surface area (Å²) in [5.74, 6) is 2.12. The molecule has 104 valence electrons. The van der Waals surface area contributed by atoms with Gasteiger partial charge in [-0.05, 0) is 55.5 Å². The summed E-state index contributed by atoms with van der Waals surface area (Å²) in [6.07, 6.45) is -0.298. The minimum absolute atomic E-state index is 0.298. The van der Waals surface area contributed by atoms with Crippen LogP contribution in [0.3, 0.4) is 0 Å². The van der Waals surface area contributed by atoms with E-state index in [1.807, 2.05) is 24.3 Å². The Hall–Kier alpha value is -1.78. The molecule has 0 bridgehead atoms. The number of hydrogen-bond donors (Lipinski definition) is 1. The zero-order chi connectivity index (χ0) is 14.5. The molecule has 2 N–H and O–H groups in total. The topological polar surface area (TPSA) is 44.5 Å². The Morgan fingerprint density at radius 2 is 1.45 bits per heavy atom. The van der Waals surface area contributed by atoms with Gasteiger partial charge in [0.05, 0.1) is 0 Å². The first-order valence-electron chi connectivity index (χ1n) is 6.04. The predicted molar refractivity (Wildman–Crippen MR) is 84.8 cm³/mol. The third-order valence-corrected chi connectivity index (χ3v) is 3.17. The maximum absolute atomic E-state index is 5.82. The highest BCUT2D eigenvalue weighted by Crippen LogP contribution is 2.25. The van der Waals surface area contributed by atoms with Crippen molar-refractivity contribution < 1.29 is 9.47 Å². The Labute approximate surface area is 128 Å². The third kappa shape index (κ3) is 4.11. The number of nitrogens with two attached hydrogens (primary N) is 1. The maximum Gasteiger partial charge on any atom is 0.145 e. The van der Waals surface area contributed by atoms with Gasteiger partial charge in [0, 0.05) is 5.02 Å². The van der Waals surface area contributed by atoms with Crippen LogP contribution in [0, 0.1) is 0 Å². The van der Waals surface area contributed by atoms with Crippen LogP contribution in [0.2, 0.25) is 5.02 Å². The minimum atomic E-state index is -0.298. The van der Waals surface area contributed by atoms with E-state index in [1.165, 1.54) is 0 Å². The van der Waals surface area contributed by atoms with Crippen LogP contribution >= 0.6 is 23.8 Å². The first-order chi connectivity index (χ1) is 9.54. The van der Waals surface area contributed by atoms with Crippen LogP contribution in [0.25, 0.3) is 0 Å². The summed E-state index contributed by atoms with van der Waals surface area (Å²) in [5.41, 5.74) is 5.50. The largest absolute Gasteiger partial charge is 0.484 e. The molecule has 2 rings (SSSR count). The number of rotatable bonds is 5. The van der Waals surface area contributed by atoms with Crippen LogP contribution < -0.4 is 15.2 Å². The molecule has 0 aromatic heterocycles. The molecule has 20 heavy (non-hydrogen) atoms. The van der Waals surface area contributed by atoms with Crippen molar-refractivity contribution in [2.24, 2.45) is 5.73 Å². The first kappa shape index (κ1) is 14.6. The van der Waals surface area contributed by atoms with Crippen molar-refractivity contribution in [3.63, 3.8) is 0 Å². The van der Waals surface area contributed by atoms with Crippen LogP contribution in [-0.2, 0) is 0 Å². The van der Waals surface area contributed by atoms with E-state index in [2.05, 4.69) is 0 Å². The van der Waals surface area contributed by atoms with E-state index >= 15 is 0 Å². The van der Waals surface area contributed by atoms with E-state index in [4.69, 9.17) is 39.0 Å². The molecule has 0 saturated carbocycles. The summed E-state index contributed by atoms with van der Waals surface area (Å²) < 4.78 is 11.2. The fraction of sp³-hybridized carbons (Fsp3) is 0.133. The Bertz CT molecular complexity index is 584. The van der Waals surface area contributed by atoms with Gasteiger partial charge in [-0.3, -0.25) is 0 Å². The van der Waals surface area contributed by atoms with Crippen molar-refractivity contribution in [2.45, 2.75) is 13.0 Å². The highest BCUT2D eigenvalue weighted by atomic mass is 35.5. The van der Waals surface area contributed by atoms with E-state index in [9.17, 15) is 0 Å². The van der Waals surface area contributed by atoms with E-state index in [0.29, 0.717) is 21.5 Å². The zero-order valence-electron chi connectivity index (χ0n) is 10.9. The second-order valence-corrected chi connectivity index (χ2v) is 5.10. The smallest absolute Gasteiger partial charge is 0.145 e. The van der Waals surface area contributed by atoms with Gasteiger partial charge in [-0.25, -0.2) is 0 Å². The first-order valence-corrected chi connectivity index (χ1v) is 6.82. The quantitative estimate of drug-likeness (QED) is 0.841. The molecule has 2 aromatic carbocycles. The molecule has 0 aliphatic carbocycles. The average Bonchev–Trinajstić information content (AvgIpc) is 2.43. The van der Waals surface area contributed by atoms with Crippen molar-refractivity contribution in [2.75, 3.05) is 0 Å². The van der Waals surface area contributed by atoms with Crippen molar-refractivity contribution >= 4 is 28.8 Å². The standard InChI is InChI=1S/C15H14ClNO2S/c1-10(15(17)20)18-12-6-8-14(9-7-12)19-13-4-2-11(16)3-5-13/h2-10H,1H3,(H2,17,20). The molecule has 0 aliphatic heterocycles. The fourth-order valence-corrected chi connectivity index (χ4v) is 1.66. The normalized spacial score (nSPS) is 11.7. The molecule has 1 unspecified atom stereocenters. The summed E-state index contributed by atoms with van der Waals surface area (Å²) in [4.78, 5) is 0.325. The van der Waals surface area contributed by atoms with Crippen LogP contribution in [0.15, 0.2) is 48.5 Å². The van der Waals surface area contributed by atoms with E-state index in [-0.39, 0.29) is 6.10 Å². The summed E-state index contributed by atoms with van der Waals surface area (Å²) >= 11 is 10.7. The monoisotopic (exact) mass is 307 g/mol. The van der Waals surface area contributed by atoms with Gasteiger partial charge in [0.2, 0.25) is 0 Å². The lowest BCUT2D eigenvalue weighted by Gasteiger charge is -2.13. The molecule has 2 aromatic rings. The molecule has 5 heteroatoms. The van der Waals surface area contributed by atoms with Crippen molar-refractivity contribution in [1.29, 1.82) is 0 Å². The highest BCUT2D eigenvalue weighted by Gasteiger charge is 2.06. The fourth-order valence-electron chi connectivity index (χ4n) is 1.49. The maximum atomic E-state index is 5.82. The zero-order valence-corrected chi connectivity index (χ0v) is 12.4. The van der Waals surface area contributed by atoms with Crippen molar-refractivity contribution in [1.82, 2.24) is 0 Å². The van der Waals surface area contributed by atoms with Gasteiger partial charge in [-0.2, -0.15) is 0 Å². The molecule has 0 saturated heterocycles. The Balaban J connectivity index is 2.01. The van der Waals surface area contributed by atoms with Gasteiger partial charge in [0.1, 0.15) is 28.3 Å². The summed E-state index contributed by atoms with van der Waals surface area (Å²) in [6, 6.07) is 14.4. The molecule has 1 atom stereocenters. The van der Waals surface area contributed by atoms with Crippen LogP contribution in [-0.4, -0.2) is 11.1 Å². The lowest BCUT2D eigenvalue weighted by atomic mass is 10.3. The van der Waals surface area contributed by atoms with Gasteiger partial charge in [0.15, 0.2) is 0 Å². The number of benzene rings is 2. The SMILES string of the molecule is CC(Oc1ccc(Oc2ccc(Cl)cc2)cc1)C(N)=S. The second kappa shape index (κ2) is 6.59. The Kier molecular flexibility index (Phi) is 4.82. The highest BCUT2D eigenvalue weighted by molar-refractivity contribution is 7.80. The summed E-state index contributed by atoms with van der Waals surface area (Å²) in [6.45, 7) is 1.81. The number of hydrogen-bond acceptors (Lipinski definition) is 3. The lowest BCUT2D eigenvalue weighted by Crippen LogP contribution is -2.28. The number of halogens is 1. The van der Waals surface area contributed by atoms with Gasteiger partial charge in [0.25, 0.3) is 0 Å². The van der Waals surface area contributed by atoms with Gasteiger partial charge in [-0.15, -0.1) is 0 Å². The average molecular weight is 308 g/mol. The molecule has 0 spiro atoms. The molecular weight excluding hydrogens is 294 g/mol. The number of ether oxygens (including phenoxy) is 2. The van der Waals surface area contributed by atoms with Crippen LogP contribution in [0.1, 0.15) is 6.92 Å². The minimum Gasteiger partial charge on any atom is -0.484 e. The van der Waals surface area contributed by atoms with E-state index in [1.54, 1.807) is 31.2 Å². The number of thiocarbonyl (C=S) groups is 1. The van der Waals surface area contributed by atoms with Gasteiger partial charge in [-0.1, -0.05) is 23.8 Å².